The fraction of sp³-hybridized carbons (Fsp3) is 0.314. The van der Waals surface area contributed by atoms with Crippen molar-refractivity contribution in [3.05, 3.63) is 111 Å². The first-order chi connectivity index (χ1) is 23.2. The molecule has 0 spiro atoms. The molecule has 49 heavy (non-hydrogen) atoms. The van der Waals surface area contributed by atoms with Crippen molar-refractivity contribution < 1.29 is 37.4 Å². The molecule has 1 aliphatic rings. The van der Waals surface area contributed by atoms with E-state index in [0.29, 0.717) is 41.1 Å². The van der Waals surface area contributed by atoms with Crippen LogP contribution in [0.1, 0.15) is 76.8 Å². The minimum atomic E-state index is -4.81. The number of hydrogen-bond donors (Lipinski definition) is 4. The lowest BCUT2D eigenvalue weighted by Gasteiger charge is -2.19. The number of fused-ring (bicyclic) bond motifs is 1. The van der Waals surface area contributed by atoms with Gasteiger partial charge in [-0.25, -0.2) is 9.48 Å². The summed E-state index contributed by atoms with van der Waals surface area (Å²) >= 11 is 0. The molecule has 4 aromatic rings. The van der Waals surface area contributed by atoms with Gasteiger partial charge < -0.3 is 31.0 Å². The molecular formula is C35H37F3N6O5. The van der Waals surface area contributed by atoms with E-state index in [9.17, 15) is 22.8 Å². The minimum absolute atomic E-state index is 0.0137. The summed E-state index contributed by atoms with van der Waals surface area (Å²) in [6, 6.07) is 17.4. The molecule has 5 N–H and O–H groups in total. The molecule has 11 nitrogen and oxygen atoms in total. The van der Waals surface area contributed by atoms with Crippen LogP contribution in [0.2, 0.25) is 0 Å². The summed E-state index contributed by atoms with van der Waals surface area (Å²) in [6.07, 6.45) is -3.63. The van der Waals surface area contributed by atoms with Gasteiger partial charge in [0, 0.05) is 28.9 Å². The Morgan fingerprint density at radius 3 is 2.41 bits per heavy atom. The lowest BCUT2D eigenvalue weighted by atomic mass is 10.1. The van der Waals surface area contributed by atoms with E-state index in [-0.39, 0.29) is 36.8 Å². The average Bonchev–Trinajstić information content (AvgIpc) is 3.68. The van der Waals surface area contributed by atoms with Crippen LogP contribution < -0.4 is 21.1 Å². The molecule has 1 heterocycles. The van der Waals surface area contributed by atoms with Gasteiger partial charge in [0.1, 0.15) is 18.0 Å². The SMILES string of the molecule is CC(C)(C)OC(=O)NCc1nn(-c2ccc(C(=O)NCc3cc(C(N)=NO)ccc3OCc3ccccc3)cc2C(F)(F)F)c2c1CCC2. The number of alkyl halides is 3. The van der Waals surface area contributed by atoms with Gasteiger partial charge in [-0.15, -0.1) is 0 Å². The molecule has 14 heteroatoms. The Kier molecular flexibility index (Phi) is 10.2. The minimum Gasteiger partial charge on any atom is -0.489 e. The molecule has 0 atom stereocenters. The fourth-order valence-corrected chi connectivity index (χ4v) is 5.50. The summed E-state index contributed by atoms with van der Waals surface area (Å²) in [4.78, 5) is 25.5. The Labute approximate surface area is 280 Å². The number of carbonyl (C=O) groups is 2. The van der Waals surface area contributed by atoms with Gasteiger partial charge in [-0.05, 0) is 87.6 Å². The normalized spacial score (nSPS) is 13.1. The molecule has 258 valence electrons. The zero-order chi connectivity index (χ0) is 35.3. The van der Waals surface area contributed by atoms with Crippen LogP contribution in [0.4, 0.5) is 18.0 Å². The molecule has 2 amide bonds. The monoisotopic (exact) mass is 678 g/mol. The van der Waals surface area contributed by atoms with Crippen molar-refractivity contribution in [3.8, 4) is 11.4 Å². The second kappa shape index (κ2) is 14.3. The van der Waals surface area contributed by atoms with Gasteiger partial charge in [-0.1, -0.05) is 35.5 Å². The maximum absolute atomic E-state index is 14.5. The largest absolute Gasteiger partial charge is 0.489 e. The van der Waals surface area contributed by atoms with E-state index >= 15 is 0 Å². The van der Waals surface area contributed by atoms with Gasteiger partial charge in [0.2, 0.25) is 0 Å². The number of alkyl carbamates (subject to hydrolysis) is 1. The molecule has 0 unspecified atom stereocenters. The molecule has 0 radical (unpaired) electrons. The first kappa shape index (κ1) is 34.8. The number of ether oxygens (including phenoxy) is 2. The summed E-state index contributed by atoms with van der Waals surface area (Å²) < 4.78 is 56.1. The first-order valence-electron chi connectivity index (χ1n) is 15.6. The smallest absolute Gasteiger partial charge is 0.418 e. The lowest BCUT2D eigenvalue weighted by Crippen LogP contribution is -2.32. The Hall–Kier alpha value is -5.53. The molecule has 0 aliphatic heterocycles. The Bertz CT molecular complexity index is 1870. The van der Waals surface area contributed by atoms with Crippen LogP contribution >= 0.6 is 0 Å². The summed E-state index contributed by atoms with van der Waals surface area (Å²) in [5, 5.41) is 21.9. The zero-order valence-electron chi connectivity index (χ0n) is 27.2. The number of nitrogens with one attached hydrogen (secondary N) is 2. The molecule has 1 aliphatic carbocycles. The molecular weight excluding hydrogens is 641 g/mol. The van der Waals surface area contributed by atoms with E-state index in [0.717, 1.165) is 23.6 Å². The number of halogens is 3. The molecule has 0 bridgehead atoms. The van der Waals surface area contributed by atoms with E-state index in [1.54, 1.807) is 39.0 Å². The summed E-state index contributed by atoms with van der Waals surface area (Å²) in [5.41, 5.74) is 7.14. The number of nitrogens with zero attached hydrogens (tertiary/aromatic N) is 3. The van der Waals surface area contributed by atoms with Crippen molar-refractivity contribution in [1.29, 1.82) is 0 Å². The van der Waals surface area contributed by atoms with Gasteiger partial charge in [-0.3, -0.25) is 4.79 Å². The number of oxime groups is 1. The van der Waals surface area contributed by atoms with Crippen LogP contribution in [0, 0.1) is 0 Å². The van der Waals surface area contributed by atoms with Gasteiger partial charge in [-0.2, -0.15) is 18.3 Å². The maximum atomic E-state index is 14.5. The van der Waals surface area contributed by atoms with Crippen LogP contribution in [0.15, 0.2) is 71.9 Å². The van der Waals surface area contributed by atoms with Crippen molar-refractivity contribution in [2.45, 2.75) is 71.5 Å². The van der Waals surface area contributed by atoms with Crippen molar-refractivity contribution in [1.82, 2.24) is 20.4 Å². The fourth-order valence-electron chi connectivity index (χ4n) is 5.50. The summed E-state index contributed by atoms with van der Waals surface area (Å²) in [6.45, 7) is 5.25. The van der Waals surface area contributed by atoms with Crippen molar-refractivity contribution in [2.24, 2.45) is 10.9 Å². The van der Waals surface area contributed by atoms with Gasteiger partial charge >= 0.3 is 12.3 Å². The highest BCUT2D eigenvalue weighted by Crippen LogP contribution is 2.37. The Morgan fingerprint density at radius 2 is 1.71 bits per heavy atom. The topological polar surface area (TPSA) is 153 Å². The van der Waals surface area contributed by atoms with Crippen LogP contribution in [0.5, 0.6) is 5.75 Å². The van der Waals surface area contributed by atoms with Crippen molar-refractivity contribution >= 4 is 17.8 Å². The number of aromatic nitrogens is 2. The molecule has 0 saturated carbocycles. The highest BCUT2D eigenvalue weighted by molar-refractivity contribution is 5.97. The molecule has 0 saturated heterocycles. The van der Waals surface area contributed by atoms with Crippen LogP contribution in [0.25, 0.3) is 5.69 Å². The summed E-state index contributed by atoms with van der Waals surface area (Å²) in [5.74, 6) is -0.524. The number of amides is 2. The Balaban J connectivity index is 1.38. The molecule has 1 aromatic heterocycles. The lowest BCUT2D eigenvalue weighted by molar-refractivity contribution is -0.137. The van der Waals surface area contributed by atoms with Gasteiger partial charge in [0.15, 0.2) is 5.84 Å². The zero-order valence-corrected chi connectivity index (χ0v) is 27.2. The second-order valence-corrected chi connectivity index (χ2v) is 12.5. The second-order valence-electron chi connectivity index (χ2n) is 12.5. The van der Waals surface area contributed by atoms with E-state index in [4.69, 9.17) is 20.4 Å². The molecule has 5 rings (SSSR count). The number of benzene rings is 3. The standard InChI is InChI=1S/C35H37F3N6O5/c1-34(2,3)49-33(46)41-19-27-25-10-7-11-28(25)44(42-27)29-14-12-23(17-26(29)35(36,37)38)32(45)40-18-24-16-22(31(39)43-47)13-15-30(24)48-20-21-8-5-4-6-9-21/h4-6,8-9,12-17,47H,7,10-11,18-20H2,1-3H3,(H2,39,43)(H,40,45)(H,41,46). The van der Waals surface area contributed by atoms with Crippen LogP contribution in [0.3, 0.4) is 0 Å². The number of carbonyl (C=O) groups excluding carboxylic acids is 2. The van der Waals surface area contributed by atoms with Crippen molar-refractivity contribution in [3.63, 3.8) is 0 Å². The van der Waals surface area contributed by atoms with E-state index < -0.39 is 29.3 Å². The molecule has 0 fully saturated rings. The highest BCUT2D eigenvalue weighted by atomic mass is 19.4. The van der Waals surface area contributed by atoms with E-state index in [1.165, 1.54) is 16.8 Å². The van der Waals surface area contributed by atoms with Crippen LogP contribution in [-0.2, 0) is 43.5 Å². The van der Waals surface area contributed by atoms with Gasteiger partial charge in [0.25, 0.3) is 5.91 Å². The third-order valence-corrected chi connectivity index (χ3v) is 7.75. The third-order valence-electron chi connectivity index (χ3n) is 7.75. The number of nitrogens with two attached hydrogens (primary N) is 1. The maximum Gasteiger partial charge on any atom is 0.418 e. The predicted octanol–water partition coefficient (Wildman–Crippen LogP) is 6.01. The number of hydrogen-bond acceptors (Lipinski definition) is 7. The quantitative estimate of drug-likeness (QED) is 0.0694. The third kappa shape index (κ3) is 8.50. The van der Waals surface area contributed by atoms with Crippen molar-refractivity contribution in [2.75, 3.05) is 0 Å². The first-order valence-corrected chi connectivity index (χ1v) is 15.6. The highest BCUT2D eigenvalue weighted by Gasteiger charge is 2.36. The number of rotatable bonds is 10. The van der Waals surface area contributed by atoms with Gasteiger partial charge in [0.05, 0.1) is 23.5 Å². The van der Waals surface area contributed by atoms with Crippen LogP contribution in [-0.4, -0.2) is 38.4 Å². The predicted molar refractivity (Wildman–Crippen MR) is 175 cm³/mol. The summed E-state index contributed by atoms with van der Waals surface area (Å²) in [7, 11) is 0. The number of amidine groups is 1. The average molecular weight is 679 g/mol. The molecule has 3 aromatic carbocycles. The van der Waals surface area contributed by atoms with E-state index in [1.807, 2.05) is 30.3 Å². The van der Waals surface area contributed by atoms with E-state index in [2.05, 4.69) is 20.9 Å². The Morgan fingerprint density at radius 1 is 0.980 bits per heavy atom.